The van der Waals surface area contributed by atoms with Gasteiger partial charge in [-0.25, -0.2) is 8.78 Å². The molecule has 0 heterocycles. The zero-order valence-electron chi connectivity index (χ0n) is 10.7. The van der Waals surface area contributed by atoms with Crippen molar-refractivity contribution in [2.75, 3.05) is 11.9 Å². The smallest absolute Gasteiger partial charge is 0.295 e. The summed E-state index contributed by atoms with van der Waals surface area (Å²) >= 11 is 0. The van der Waals surface area contributed by atoms with Gasteiger partial charge in [0.05, 0.1) is 4.92 Å². The molecule has 1 N–H and O–H groups in total. The van der Waals surface area contributed by atoms with Gasteiger partial charge < -0.3 is 5.32 Å². The van der Waals surface area contributed by atoms with Crippen molar-refractivity contribution in [2.45, 2.75) is 32.6 Å². The van der Waals surface area contributed by atoms with Gasteiger partial charge in [0, 0.05) is 12.6 Å². The van der Waals surface area contributed by atoms with E-state index in [1.807, 2.05) is 0 Å². The highest BCUT2D eigenvalue weighted by molar-refractivity contribution is 5.62. The molecule has 1 fully saturated rings. The standard InChI is InChI=1S/C13H16F2N2O2/c1-2-5-13(6-7-13)8-16-12-10(17(18)19)4-3-9(14)11(12)15/h3-4,16H,2,5-8H2,1H3. The summed E-state index contributed by atoms with van der Waals surface area (Å²) in [5.74, 6) is -2.25. The lowest BCUT2D eigenvalue weighted by molar-refractivity contribution is -0.384. The van der Waals surface area contributed by atoms with Gasteiger partial charge in [0.1, 0.15) is 0 Å². The molecule has 6 heteroatoms. The van der Waals surface area contributed by atoms with Crippen molar-refractivity contribution in [1.82, 2.24) is 0 Å². The molecule has 0 bridgehead atoms. The van der Waals surface area contributed by atoms with E-state index in [1.165, 1.54) is 0 Å². The minimum absolute atomic E-state index is 0.0986. The summed E-state index contributed by atoms with van der Waals surface area (Å²) in [6, 6.07) is 1.76. The lowest BCUT2D eigenvalue weighted by atomic mass is 10.0. The second-order valence-corrected chi connectivity index (χ2v) is 5.12. The van der Waals surface area contributed by atoms with Crippen LogP contribution in [0.4, 0.5) is 20.2 Å². The monoisotopic (exact) mass is 270 g/mol. The zero-order valence-corrected chi connectivity index (χ0v) is 10.7. The van der Waals surface area contributed by atoms with Gasteiger partial charge in [0.15, 0.2) is 17.3 Å². The molecule has 0 aliphatic heterocycles. The van der Waals surface area contributed by atoms with E-state index in [0.29, 0.717) is 6.54 Å². The van der Waals surface area contributed by atoms with Gasteiger partial charge in [-0.05, 0) is 30.7 Å². The van der Waals surface area contributed by atoms with Gasteiger partial charge in [-0.1, -0.05) is 13.3 Å². The fourth-order valence-electron chi connectivity index (χ4n) is 2.36. The summed E-state index contributed by atoms with van der Waals surface area (Å²) in [5, 5.41) is 13.6. The summed E-state index contributed by atoms with van der Waals surface area (Å²) in [4.78, 5) is 10.1. The van der Waals surface area contributed by atoms with Crippen LogP contribution in [0.3, 0.4) is 0 Å². The molecular formula is C13H16F2N2O2. The quantitative estimate of drug-likeness (QED) is 0.630. The van der Waals surface area contributed by atoms with Crippen molar-refractivity contribution in [3.63, 3.8) is 0 Å². The van der Waals surface area contributed by atoms with E-state index in [-0.39, 0.29) is 11.1 Å². The Bertz CT molecular complexity index is 502. The van der Waals surface area contributed by atoms with E-state index in [9.17, 15) is 18.9 Å². The van der Waals surface area contributed by atoms with Gasteiger partial charge in [-0.3, -0.25) is 10.1 Å². The third-order valence-corrected chi connectivity index (χ3v) is 3.65. The van der Waals surface area contributed by atoms with E-state index in [2.05, 4.69) is 12.2 Å². The second-order valence-electron chi connectivity index (χ2n) is 5.12. The molecule has 1 saturated carbocycles. The number of halogens is 2. The van der Waals surface area contributed by atoms with Gasteiger partial charge in [0.2, 0.25) is 0 Å². The summed E-state index contributed by atoms with van der Waals surface area (Å²) in [5.41, 5.74) is -0.667. The maximum absolute atomic E-state index is 13.7. The van der Waals surface area contributed by atoms with Crippen LogP contribution in [-0.2, 0) is 0 Å². The zero-order chi connectivity index (χ0) is 14.0. The Kier molecular flexibility index (Phi) is 3.68. The molecule has 104 valence electrons. The molecule has 1 aliphatic carbocycles. The number of nitro groups is 1. The number of hydrogen-bond donors (Lipinski definition) is 1. The first-order chi connectivity index (χ1) is 8.99. The lowest BCUT2D eigenvalue weighted by Gasteiger charge is -2.16. The third-order valence-electron chi connectivity index (χ3n) is 3.65. The van der Waals surface area contributed by atoms with E-state index < -0.39 is 22.2 Å². The van der Waals surface area contributed by atoms with Crippen molar-refractivity contribution in [3.05, 3.63) is 33.9 Å². The van der Waals surface area contributed by atoms with Gasteiger partial charge in [-0.15, -0.1) is 0 Å². The molecule has 1 aromatic carbocycles. The fourth-order valence-corrected chi connectivity index (χ4v) is 2.36. The molecule has 0 radical (unpaired) electrons. The molecule has 4 nitrogen and oxygen atoms in total. The van der Waals surface area contributed by atoms with Crippen molar-refractivity contribution in [1.29, 1.82) is 0 Å². The largest absolute Gasteiger partial charge is 0.376 e. The Morgan fingerprint density at radius 2 is 2.11 bits per heavy atom. The molecule has 0 unspecified atom stereocenters. The van der Waals surface area contributed by atoms with Crippen LogP contribution in [0.15, 0.2) is 12.1 Å². The van der Waals surface area contributed by atoms with Crippen LogP contribution in [0.2, 0.25) is 0 Å². The minimum Gasteiger partial charge on any atom is -0.376 e. The molecule has 19 heavy (non-hydrogen) atoms. The molecule has 2 rings (SSSR count). The highest BCUT2D eigenvalue weighted by Gasteiger charge is 2.41. The number of nitro benzene ring substituents is 1. The first kappa shape index (κ1) is 13.7. The van der Waals surface area contributed by atoms with Crippen LogP contribution in [0.5, 0.6) is 0 Å². The summed E-state index contributed by atoms with van der Waals surface area (Å²) < 4.78 is 26.8. The molecule has 0 aromatic heterocycles. The van der Waals surface area contributed by atoms with E-state index >= 15 is 0 Å². The number of anilines is 1. The van der Waals surface area contributed by atoms with Crippen LogP contribution in [-0.4, -0.2) is 11.5 Å². The SMILES string of the molecule is CCCC1(CNc2c([N+](=O)[O-])ccc(F)c2F)CC1. The molecule has 0 saturated heterocycles. The Morgan fingerprint density at radius 3 is 2.63 bits per heavy atom. The van der Waals surface area contributed by atoms with Gasteiger partial charge in [-0.2, -0.15) is 0 Å². The molecular weight excluding hydrogens is 254 g/mol. The Morgan fingerprint density at radius 1 is 1.42 bits per heavy atom. The Hall–Kier alpha value is -1.72. The average Bonchev–Trinajstić information content (AvgIpc) is 3.11. The van der Waals surface area contributed by atoms with Crippen molar-refractivity contribution < 1.29 is 13.7 Å². The topological polar surface area (TPSA) is 55.2 Å². The predicted molar refractivity (Wildman–Crippen MR) is 68.1 cm³/mol. The average molecular weight is 270 g/mol. The fraction of sp³-hybridized carbons (Fsp3) is 0.538. The maximum Gasteiger partial charge on any atom is 0.295 e. The summed E-state index contributed by atoms with van der Waals surface area (Å²) in [6.45, 7) is 2.51. The van der Waals surface area contributed by atoms with Gasteiger partial charge >= 0.3 is 0 Å². The Balaban J connectivity index is 2.19. The van der Waals surface area contributed by atoms with Crippen LogP contribution in [0.1, 0.15) is 32.6 Å². The van der Waals surface area contributed by atoms with E-state index in [4.69, 9.17) is 0 Å². The number of nitrogens with one attached hydrogen (secondary N) is 1. The van der Waals surface area contributed by atoms with Gasteiger partial charge in [0.25, 0.3) is 5.69 Å². The first-order valence-electron chi connectivity index (χ1n) is 6.35. The molecule has 0 spiro atoms. The van der Waals surface area contributed by atoms with E-state index in [0.717, 1.165) is 37.8 Å². The van der Waals surface area contributed by atoms with Crippen LogP contribution >= 0.6 is 0 Å². The third kappa shape index (κ3) is 2.83. The minimum atomic E-state index is -1.18. The predicted octanol–water partition coefficient (Wildman–Crippen LogP) is 3.87. The normalized spacial score (nSPS) is 16.2. The summed E-state index contributed by atoms with van der Waals surface area (Å²) in [6.07, 6.45) is 4.05. The van der Waals surface area contributed by atoms with Crippen molar-refractivity contribution in [2.24, 2.45) is 5.41 Å². The lowest BCUT2D eigenvalue weighted by Crippen LogP contribution is -2.17. The number of nitrogens with zero attached hydrogens (tertiary/aromatic N) is 1. The number of benzene rings is 1. The summed E-state index contributed by atoms with van der Waals surface area (Å²) in [7, 11) is 0. The molecule has 1 aliphatic rings. The van der Waals surface area contributed by atoms with Crippen LogP contribution in [0.25, 0.3) is 0 Å². The van der Waals surface area contributed by atoms with Crippen molar-refractivity contribution >= 4 is 11.4 Å². The molecule has 0 amide bonds. The maximum atomic E-state index is 13.7. The highest BCUT2D eigenvalue weighted by atomic mass is 19.2. The highest BCUT2D eigenvalue weighted by Crippen LogP contribution is 2.49. The van der Waals surface area contributed by atoms with Crippen molar-refractivity contribution in [3.8, 4) is 0 Å². The van der Waals surface area contributed by atoms with Crippen LogP contribution < -0.4 is 5.32 Å². The van der Waals surface area contributed by atoms with E-state index in [1.54, 1.807) is 0 Å². The molecule has 0 atom stereocenters. The number of rotatable bonds is 6. The Labute approximate surface area is 110 Å². The second kappa shape index (κ2) is 5.11. The van der Waals surface area contributed by atoms with Crippen LogP contribution in [0, 0.1) is 27.2 Å². The number of hydrogen-bond acceptors (Lipinski definition) is 3. The molecule has 1 aromatic rings. The first-order valence-corrected chi connectivity index (χ1v) is 6.35.